The van der Waals surface area contributed by atoms with E-state index in [1.807, 2.05) is 48.5 Å². The summed E-state index contributed by atoms with van der Waals surface area (Å²) >= 11 is -1.47. The van der Waals surface area contributed by atoms with Crippen LogP contribution in [0, 0.1) is 0 Å². The van der Waals surface area contributed by atoms with Crippen LogP contribution in [0.15, 0.2) is 60.7 Å². The number of benzene rings is 2. The van der Waals surface area contributed by atoms with Crippen LogP contribution < -0.4 is 0 Å². The number of rotatable bonds is 10. The van der Waals surface area contributed by atoms with E-state index in [-0.39, 0.29) is 24.4 Å². The summed E-state index contributed by atoms with van der Waals surface area (Å²) in [5, 5.41) is 10.9. The Morgan fingerprint density at radius 3 is 2.29 bits per heavy atom. The van der Waals surface area contributed by atoms with Crippen molar-refractivity contribution in [1.29, 1.82) is 0 Å². The molecule has 31 heavy (non-hydrogen) atoms. The van der Waals surface area contributed by atoms with Crippen molar-refractivity contribution in [1.82, 2.24) is 0 Å². The van der Waals surface area contributed by atoms with Crippen molar-refractivity contribution in [3.8, 4) is 0 Å². The molecule has 7 heteroatoms. The molecule has 0 aliphatic carbocycles. The van der Waals surface area contributed by atoms with Crippen molar-refractivity contribution in [3.05, 3.63) is 71.8 Å². The average Bonchev–Trinajstić information content (AvgIpc) is 3.39. The molecule has 0 bridgehead atoms. The second-order valence-electron chi connectivity index (χ2n) is 8.24. The molecule has 0 aromatic heterocycles. The van der Waals surface area contributed by atoms with E-state index in [9.17, 15) is 5.11 Å². The SMILES string of the molecule is O[C@@H]1[C@@H](OCc2ccccc2)[C@@H]([C@@H]2CC[C@@H](COCc3ccccc3)O2)O[C@H]1[CH2][Hg][Cl]. The van der Waals surface area contributed by atoms with Crippen molar-refractivity contribution in [3.63, 3.8) is 0 Å². The van der Waals surface area contributed by atoms with Crippen LogP contribution in [-0.4, -0.2) is 48.3 Å². The number of hydrogen-bond donors (Lipinski definition) is 1. The van der Waals surface area contributed by atoms with E-state index in [4.69, 9.17) is 27.2 Å². The molecule has 0 saturated carbocycles. The van der Waals surface area contributed by atoms with Crippen molar-refractivity contribution in [2.75, 3.05) is 6.61 Å². The third-order valence-corrected chi connectivity index (χ3v) is 10.9. The molecular formula is C24H29ClHgO5. The molecule has 2 aromatic rings. The van der Waals surface area contributed by atoms with Gasteiger partial charge in [-0.15, -0.1) is 0 Å². The van der Waals surface area contributed by atoms with Gasteiger partial charge in [0, 0.05) is 0 Å². The van der Waals surface area contributed by atoms with Crippen LogP contribution in [0.3, 0.4) is 0 Å². The van der Waals surface area contributed by atoms with E-state index in [0.29, 0.717) is 19.8 Å². The number of hydrogen-bond acceptors (Lipinski definition) is 5. The molecule has 2 fully saturated rings. The monoisotopic (exact) mass is 634 g/mol. The Hall–Kier alpha value is -0.535. The van der Waals surface area contributed by atoms with E-state index >= 15 is 0 Å². The van der Waals surface area contributed by atoms with E-state index in [1.165, 1.54) is 0 Å². The van der Waals surface area contributed by atoms with E-state index < -0.39 is 35.5 Å². The van der Waals surface area contributed by atoms with Gasteiger partial charge >= 0.3 is 182 Å². The van der Waals surface area contributed by atoms with Crippen molar-refractivity contribution < 1.29 is 47.4 Å². The van der Waals surface area contributed by atoms with Crippen molar-refractivity contribution >= 4 is 8.25 Å². The summed E-state index contributed by atoms with van der Waals surface area (Å²) in [6, 6.07) is 20.2. The molecule has 2 aliphatic rings. The maximum atomic E-state index is 10.9. The van der Waals surface area contributed by atoms with Gasteiger partial charge in [0.2, 0.25) is 0 Å². The van der Waals surface area contributed by atoms with Crippen LogP contribution in [0.25, 0.3) is 0 Å². The number of aliphatic hydroxyl groups excluding tert-OH is 1. The topological polar surface area (TPSA) is 57.2 Å². The van der Waals surface area contributed by atoms with Gasteiger partial charge in [-0.05, 0) is 0 Å². The summed E-state index contributed by atoms with van der Waals surface area (Å²) in [6.45, 7) is 1.58. The molecular weight excluding hydrogens is 604 g/mol. The van der Waals surface area contributed by atoms with Crippen LogP contribution in [0.1, 0.15) is 24.0 Å². The van der Waals surface area contributed by atoms with Crippen molar-refractivity contribution in [2.45, 2.75) is 66.6 Å². The average molecular weight is 634 g/mol. The van der Waals surface area contributed by atoms with Gasteiger partial charge in [-0.3, -0.25) is 0 Å². The summed E-state index contributed by atoms with van der Waals surface area (Å²) in [5.74, 6) is 0. The Kier molecular flexibility index (Phi) is 9.20. The normalized spacial score (nSPS) is 30.4. The molecule has 164 valence electrons. The van der Waals surface area contributed by atoms with Crippen LogP contribution in [0.2, 0.25) is 3.93 Å². The number of halogens is 1. The summed E-state index contributed by atoms with van der Waals surface area (Å²) < 4.78 is 25.4. The molecule has 0 spiro atoms. The van der Waals surface area contributed by atoms with Gasteiger partial charge in [-0.25, -0.2) is 0 Å². The molecule has 4 rings (SSSR count). The first kappa shape index (κ1) is 23.6. The number of ether oxygens (including phenoxy) is 4. The third-order valence-electron chi connectivity index (χ3n) is 5.97. The standard InChI is InChI=1S/C24H29O5.ClH.Hg/c1-17-22(25)24(27-15-19-10-6-3-7-11-19)23(28-17)21-13-12-20(29-21)16-26-14-18-8-4-2-5-9-18;;/h2-11,17,20-25H,1,12-16H2;1H;/q;;+1/p-1/t17-,20-,21-,22-,23+,24+;;/m0../s1. The molecule has 2 aliphatic heterocycles. The van der Waals surface area contributed by atoms with E-state index in [0.717, 1.165) is 27.9 Å². The summed E-state index contributed by atoms with van der Waals surface area (Å²) in [7, 11) is 6.15. The molecule has 2 aromatic carbocycles. The Morgan fingerprint density at radius 2 is 1.61 bits per heavy atom. The predicted molar refractivity (Wildman–Crippen MR) is 114 cm³/mol. The predicted octanol–water partition coefficient (Wildman–Crippen LogP) is 4.12. The Balaban J connectivity index is 1.32. The quantitative estimate of drug-likeness (QED) is 0.400. The van der Waals surface area contributed by atoms with Gasteiger partial charge in [0.1, 0.15) is 0 Å². The minimum atomic E-state index is -1.47. The Morgan fingerprint density at radius 1 is 0.935 bits per heavy atom. The number of aliphatic hydroxyl groups is 1. The first-order valence-corrected chi connectivity index (χ1v) is 21.7. The minimum absolute atomic E-state index is 0.0382. The zero-order valence-corrected chi connectivity index (χ0v) is 23.9. The molecule has 6 atom stereocenters. The summed E-state index contributed by atoms with van der Waals surface area (Å²) in [4.78, 5) is 0. The first-order valence-electron chi connectivity index (χ1n) is 11.1. The first-order chi connectivity index (χ1) is 15.2. The van der Waals surface area contributed by atoms with Crippen LogP contribution in [-0.2, 0) is 55.5 Å². The van der Waals surface area contributed by atoms with Gasteiger partial charge in [0.25, 0.3) is 0 Å². The zero-order chi connectivity index (χ0) is 21.5. The molecule has 2 heterocycles. The zero-order valence-electron chi connectivity index (χ0n) is 17.6. The van der Waals surface area contributed by atoms with Gasteiger partial charge < -0.3 is 0 Å². The van der Waals surface area contributed by atoms with Gasteiger partial charge in [0.05, 0.1) is 0 Å². The fourth-order valence-corrected chi connectivity index (χ4v) is 8.93. The second-order valence-corrected chi connectivity index (χ2v) is 15.3. The summed E-state index contributed by atoms with van der Waals surface area (Å²) in [5.41, 5.74) is 2.23. The van der Waals surface area contributed by atoms with Crippen molar-refractivity contribution in [2.24, 2.45) is 0 Å². The van der Waals surface area contributed by atoms with E-state index in [1.54, 1.807) is 0 Å². The fourth-order valence-electron chi connectivity index (χ4n) is 4.35. The third kappa shape index (κ3) is 6.50. The van der Waals surface area contributed by atoms with Gasteiger partial charge in [-0.1, -0.05) is 18.2 Å². The second kappa shape index (κ2) is 12.1. The van der Waals surface area contributed by atoms with Crippen LogP contribution in [0.4, 0.5) is 0 Å². The fraction of sp³-hybridized carbons (Fsp3) is 0.500. The van der Waals surface area contributed by atoms with Crippen LogP contribution >= 0.6 is 8.25 Å². The molecule has 2 saturated heterocycles. The molecule has 0 amide bonds. The summed E-state index contributed by atoms with van der Waals surface area (Å²) in [6.07, 6.45) is 0.150. The molecule has 0 radical (unpaired) electrons. The molecule has 5 nitrogen and oxygen atoms in total. The van der Waals surface area contributed by atoms with Crippen LogP contribution in [0.5, 0.6) is 0 Å². The molecule has 1 N–H and O–H groups in total. The van der Waals surface area contributed by atoms with E-state index in [2.05, 4.69) is 12.1 Å². The molecule has 0 unspecified atom stereocenters. The van der Waals surface area contributed by atoms with Gasteiger partial charge in [-0.2, -0.15) is 0 Å². The Labute approximate surface area is 199 Å². The van der Waals surface area contributed by atoms with Gasteiger partial charge in [0.15, 0.2) is 0 Å². The maximum absolute atomic E-state index is 10.9. The Bertz CT molecular complexity index is 780.